The summed E-state index contributed by atoms with van der Waals surface area (Å²) >= 11 is 0. The Kier molecular flexibility index (Phi) is 3.87. The number of rotatable bonds is 4. The zero-order valence-corrected chi connectivity index (χ0v) is 10.8. The zero-order chi connectivity index (χ0) is 13.1. The molecule has 0 aliphatic carbocycles. The van der Waals surface area contributed by atoms with Gasteiger partial charge in [-0.2, -0.15) is 0 Å². The molecule has 0 radical (unpaired) electrons. The summed E-state index contributed by atoms with van der Waals surface area (Å²) in [5, 5.41) is 3.21. The van der Waals surface area contributed by atoms with Crippen molar-refractivity contribution < 1.29 is 9.53 Å². The lowest BCUT2D eigenvalue weighted by Crippen LogP contribution is -2.44. The van der Waals surface area contributed by atoms with Crippen molar-refractivity contribution in [3.63, 3.8) is 0 Å². The summed E-state index contributed by atoms with van der Waals surface area (Å²) in [7, 11) is 0. The van der Waals surface area contributed by atoms with Gasteiger partial charge in [-0.1, -0.05) is 18.2 Å². The third-order valence-electron chi connectivity index (χ3n) is 3.40. The monoisotopic (exact) mass is 248 g/mol. The standard InChI is InChI=1S/C14H20N2O2/c1-9-5-3-4-6-11(9)16-13(14(15)17)12-8-7-10(2)18-12/h3-6,10,12-13,16H,7-8H2,1-2H3,(H2,15,17). The molecule has 4 heteroatoms. The van der Waals surface area contributed by atoms with Crippen molar-refractivity contribution in [1.82, 2.24) is 0 Å². The number of nitrogens with one attached hydrogen (secondary N) is 1. The fraction of sp³-hybridized carbons (Fsp3) is 0.500. The third-order valence-corrected chi connectivity index (χ3v) is 3.40. The van der Waals surface area contributed by atoms with Crippen LogP contribution in [0.3, 0.4) is 0 Å². The number of amides is 1. The summed E-state index contributed by atoms with van der Waals surface area (Å²) < 4.78 is 5.73. The van der Waals surface area contributed by atoms with Crippen LogP contribution in [0.5, 0.6) is 0 Å². The van der Waals surface area contributed by atoms with Gasteiger partial charge < -0.3 is 15.8 Å². The normalized spacial score (nSPS) is 24.8. The van der Waals surface area contributed by atoms with E-state index in [2.05, 4.69) is 5.32 Å². The number of aryl methyl sites for hydroxylation is 1. The molecular formula is C14H20N2O2. The highest BCUT2D eigenvalue weighted by Gasteiger charge is 2.33. The Morgan fingerprint density at radius 2 is 2.17 bits per heavy atom. The zero-order valence-electron chi connectivity index (χ0n) is 10.8. The first kappa shape index (κ1) is 12.9. The predicted molar refractivity (Wildman–Crippen MR) is 71.4 cm³/mol. The van der Waals surface area contributed by atoms with Crippen LogP contribution in [0.2, 0.25) is 0 Å². The molecule has 0 bridgehead atoms. The van der Waals surface area contributed by atoms with Crippen molar-refractivity contribution in [2.24, 2.45) is 5.73 Å². The maximum absolute atomic E-state index is 11.6. The number of carbonyl (C=O) groups excluding carboxylic acids is 1. The number of carbonyl (C=O) groups is 1. The molecule has 1 aliphatic rings. The van der Waals surface area contributed by atoms with Gasteiger partial charge in [0.05, 0.1) is 12.2 Å². The third kappa shape index (κ3) is 2.82. The first-order valence-electron chi connectivity index (χ1n) is 6.35. The maximum atomic E-state index is 11.6. The molecule has 1 heterocycles. The van der Waals surface area contributed by atoms with Gasteiger partial charge in [-0.05, 0) is 38.3 Å². The number of benzene rings is 1. The van der Waals surface area contributed by atoms with Gasteiger partial charge in [0.25, 0.3) is 0 Å². The Hall–Kier alpha value is -1.55. The molecule has 3 unspecified atom stereocenters. The SMILES string of the molecule is Cc1ccccc1NC(C(N)=O)C1CCC(C)O1. The molecule has 98 valence electrons. The topological polar surface area (TPSA) is 64.3 Å². The Morgan fingerprint density at radius 3 is 2.72 bits per heavy atom. The summed E-state index contributed by atoms with van der Waals surface area (Å²) in [6.07, 6.45) is 1.92. The van der Waals surface area contributed by atoms with Gasteiger partial charge in [0.2, 0.25) is 5.91 Å². The predicted octanol–water partition coefficient (Wildman–Crippen LogP) is 1.83. The average Bonchev–Trinajstić information content (AvgIpc) is 2.74. The number of hydrogen-bond donors (Lipinski definition) is 2. The van der Waals surface area contributed by atoms with E-state index in [1.165, 1.54) is 0 Å². The number of anilines is 1. The molecule has 1 fully saturated rings. The van der Waals surface area contributed by atoms with Crippen LogP contribution in [0.15, 0.2) is 24.3 Å². The lowest BCUT2D eigenvalue weighted by molar-refractivity contribution is -0.121. The highest BCUT2D eigenvalue weighted by Crippen LogP contribution is 2.24. The summed E-state index contributed by atoms with van der Waals surface area (Å²) in [6, 6.07) is 7.39. The average molecular weight is 248 g/mol. The second-order valence-corrected chi connectivity index (χ2v) is 4.90. The van der Waals surface area contributed by atoms with Gasteiger partial charge in [-0.25, -0.2) is 0 Å². The Balaban J connectivity index is 2.12. The highest BCUT2D eigenvalue weighted by atomic mass is 16.5. The van der Waals surface area contributed by atoms with E-state index < -0.39 is 6.04 Å². The number of hydrogen-bond acceptors (Lipinski definition) is 3. The first-order chi connectivity index (χ1) is 8.58. The van der Waals surface area contributed by atoms with E-state index in [9.17, 15) is 4.79 Å². The summed E-state index contributed by atoms with van der Waals surface area (Å²) in [5.74, 6) is -0.364. The molecule has 4 nitrogen and oxygen atoms in total. The van der Waals surface area contributed by atoms with Crippen molar-refractivity contribution in [3.8, 4) is 0 Å². The van der Waals surface area contributed by atoms with Crippen LogP contribution in [0, 0.1) is 6.92 Å². The molecule has 2 rings (SSSR count). The molecule has 3 N–H and O–H groups in total. The van der Waals surface area contributed by atoms with Gasteiger partial charge in [0, 0.05) is 5.69 Å². The van der Waals surface area contributed by atoms with Crippen LogP contribution in [-0.4, -0.2) is 24.2 Å². The van der Waals surface area contributed by atoms with Crippen molar-refractivity contribution >= 4 is 11.6 Å². The van der Waals surface area contributed by atoms with Gasteiger partial charge in [0.15, 0.2) is 0 Å². The van der Waals surface area contributed by atoms with Crippen LogP contribution in [0.4, 0.5) is 5.69 Å². The number of nitrogens with two attached hydrogens (primary N) is 1. The lowest BCUT2D eigenvalue weighted by atomic mass is 10.1. The molecule has 18 heavy (non-hydrogen) atoms. The van der Waals surface area contributed by atoms with E-state index in [0.29, 0.717) is 0 Å². The van der Waals surface area contributed by atoms with Gasteiger partial charge in [0.1, 0.15) is 6.04 Å². The molecule has 1 aromatic carbocycles. The smallest absolute Gasteiger partial charge is 0.242 e. The van der Waals surface area contributed by atoms with E-state index in [1.807, 2.05) is 38.1 Å². The van der Waals surface area contributed by atoms with Crippen LogP contribution >= 0.6 is 0 Å². The fourth-order valence-corrected chi connectivity index (χ4v) is 2.33. The minimum atomic E-state index is -0.462. The first-order valence-corrected chi connectivity index (χ1v) is 6.35. The van der Waals surface area contributed by atoms with Crippen molar-refractivity contribution in [3.05, 3.63) is 29.8 Å². The molecule has 1 aromatic rings. The maximum Gasteiger partial charge on any atom is 0.242 e. The molecule has 0 aromatic heterocycles. The summed E-state index contributed by atoms with van der Waals surface area (Å²) in [6.45, 7) is 4.02. The fourth-order valence-electron chi connectivity index (χ4n) is 2.33. The van der Waals surface area contributed by atoms with E-state index in [0.717, 1.165) is 24.1 Å². The van der Waals surface area contributed by atoms with E-state index in [1.54, 1.807) is 0 Å². The van der Waals surface area contributed by atoms with Crippen LogP contribution in [0.1, 0.15) is 25.3 Å². The van der Waals surface area contributed by atoms with Crippen LogP contribution in [-0.2, 0) is 9.53 Å². The minimum absolute atomic E-state index is 0.128. The summed E-state index contributed by atoms with van der Waals surface area (Å²) in [5.41, 5.74) is 7.51. The molecule has 0 spiro atoms. The van der Waals surface area contributed by atoms with Crippen molar-refractivity contribution in [2.75, 3.05) is 5.32 Å². The van der Waals surface area contributed by atoms with Crippen LogP contribution < -0.4 is 11.1 Å². The Labute approximate surface area is 108 Å². The number of ether oxygens (including phenoxy) is 1. The number of primary amides is 1. The largest absolute Gasteiger partial charge is 0.373 e. The Bertz CT molecular complexity index is 434. The minimum Gasteiger partial charge on any atom is -0.373 e. The Morgan fingerprint density at radius 1 is 1.44 bits per heavy atom. The second-order valence-electron chi connectivity index (χ2n) is 4.90. The highest BCUT2D eigenvalue weighted by molar-refractivity contribution is 5.84. The van der Waals surface area contributed by atoms with E-state index in [4.69, 9.17) is 10.5 Å². The number of para-hydroxylation sites is 1. The molecule has 3 atom stereocenters. The lowest BCUT2D eigenvalue weighted by Gasteiger charge is -2.23. The van der Waals surface area contributed by atoms with Crippen LogP contribution in [0.25, 0.3) is 0 Å². The van der Waals surface area contributed by atoms with E-state index >= 15 is 0 Å². The second kappa shape index (κ2) is 5.40. The van der Waals surface area contributed by atoms with Gasteiger partial charge in [-0.3, -0.25) is 4.79 Å². The molecule has 1 amide bonds. The van der Waals surface area contributed by atoms with Crippen molar-refractivity contribution in [1.29, 1.82) is 0 Å². The van der Waals surface area contributed by atoms with Gasteiger partial charge >= 0.3 is 0 Å². The molecule has 1 aliphatic heterocycles. The molecule has 1 saturated heterocycles. The van der Waals surface area contributed by atoms with E-state index in [-0.39, 0.29) is 18.1 Å². The molecule has 0 saturated carbocycles. The quantitative estimate of drug-likeness (QED) is 0.854. The molecular weight excluding hydrogens is 228 g/mol. The summed E-state index contributed by atoms with van der Waals surface area (Å²) in [4.78, 5) is 11.6. The van der Waals surface area contributed by atoms with Crippen molar-refractivity contribution in [2.45, 2.75) is 44.9 Å². The van der Waals surface area contributed by atoms with Gasteiger partial charge in [-0.15, -0.1) is 0 Å².